The number of methoxy groups -OCH3 is 2. The van der Waals surface area contributed by atoms with E-state index in [-0.39, 0.29) is 28.7 Å². The molecule has 1 rings (SSSR count). The molecule has 0 N–H and O–H groups in total. The molecular weight excluding hydrogens is 250 g/mol. The van der Waals surface area contributed by atoms with E-state index >= 15 is 0 Å². The van der Waals surface area contributed by atoms with Gasteiger partial charge in [0.05, 0.1) is 19.8 Å². The van der Waals surface area contributed by atoms with Crippen LogP contribution in [0.1, 0.15) is 45.2 Å². The van der Waals surface area contributed by atoms with Crippen molar-refractivity contribution in [1.82, 2.24) is 4.98 Å². The fourth-order valence-corrected chi connectivity index (χ4v) is 1.41. The molecule has 0 fully saturated rings. The predicted octanol–water partition coefficient (Wildman–Crippen LogP) is 1.49. The second-order valence-electron chi connectivity index (χ2n) is 4.09. The van der Waals surface area contributed by atoms with E-state index in [0.29, 0.717) is 0 Å². The monoisotopic (exact) mass is 265 g/mol. The van der Waals surface area contributed by atoms with Gasteiger partial charge in [0, 0.05) is 5.92 Å². The first kappa shape index (κ1) is 14.8. The molecule has 0 spiro atoms. The van der Waals surface area contributed by atoms with Crippen LogP contribution >= 0.6 is 0 Å². The van der Waals surface area contributed by atoms with Gasteiger partial charge in [0.1, 0.15) is 11.4 Å². The average molecular weight is 265 g/mol. The van der Waals surface area contributed by atoms with Crippen LogP contribution in [0.25, 0.3) is 0 Å². The lowest BCUT2D eigenvalue weighted by molar-refractivity contribution is 0.0578. The van der Waals surface area contributed by atoms with Crippen LogP contribution in [-0.2, 0) is 9.47 Å². The van der Waals surface area contributed by atoms with Gasteiger partial charge in [-0.05, 0) is 12.1 Å². The van der Waals surface area contributed by atoms with Crippen LogP contribution in [0.3, 0.4) is 0 Å². The number of pyridine rings is 1. The topological polar surface area (TPSA) is 82.6 Å². The summed E-state index contributed by atoms with van der Waals surface area (Å²) in [6.07, 6.45) is 0. The quantitative estimate of drug-likeness (QED) is 0.606. The summed E-state index contributed by atoms with van der Waals surface area (Å²) in [7, 11) is 2.42. The molecule has 0 aliphatic carbocycles. The molecule has 0 aromatic carbocycles. The number of hydrogen-bond donors (Lipinski definition) is 0. The van der Waals surface area contributed by atoms with Crippen molar-refractivity contribution in [1.29, 1.82) is 0 Å². The number of carbonyl (C=O) groups is 3. The summed E-state index contributed by atoms with van der Waals surface area (Å²) >= 11 is 0. The van der Waals surface area contributed by atoms with E-state index in [2.05, 4.69) is 14.5 Å². The van der Waals surface area contributed by atoms with Crippen LogP contribution in [-0.4, -0.2) is 36.9 Å². The highest BCUT2D eigenvalue weighted by Gasteiger charge is 2.23. The molecule has 1 aromatic rings. The molecule has 6 nitrogen and oxygen atoms in total. The van der Waals surface area contributed by atoms with Crippen molar-refractivity contribution >= 4 is 17.7 Å². The molecule has 0 bridgehead atoms. The molecule has 1 aromatic heterocycles. The van der Waals surface area contributed by atoms with Crippen LogP contribution in [0.15, 0.2) is 12.1 Å². The number of Topliss-reactive ketones (excluding diaryl/α,β-unsaturated/α-hetero) is 1. The van der Waals surface area contributed by atoms with Gasteiger partial charge in [-0.15, -0.1) is 0 Å². The van der Waals surface area contributed by atoms with E-state index in [1.807, 2.05) is 0 Å². The maximum atomic E-state index is 12.0. The molecule has 0 aliphatic rings. The van der Waals surface area contributed by atoms with Gasteiger partial charge in [0.2, 0.25) is 0 Å². The molecule has 6 heteroatoms. The minimum Gasteiger partial charge on any atom is -0.465 e. The second kappa shape index (κ2) is 6.08. The van der Waals surface area contributed by atoms with E-state index in [1.54, 1.807) is 13.8 Å². The van der Waals surface area contributed by atoms with Gasteiger partial charge >= 0.3 is 11.9 Å². The van der Waals surface area contributed by atoms with Gasteiger partial charge in [-0.25, -0.2) is 14.6 Å². The Kier molecular flexibility index (Phi) is 4.74. The predicted molar refractivity (Wildman–Crippen MR) is 66.1 cm³/mol. The Labute approximate surface area is 110 Å². The number of aromatic nitrogens is 1. The van der Waals surface area contributed by atoms with Crippen molar-refractivity contribution in [2.75, 3.05) is 14.2 Å². The molecule has 0 radical (unpaired) electrons. The minimum atomic E-state index is -0.673. The van der Waals surface area contributed by atoms with Crippen LogP contribution < -0.4 is 0 Å². The number of rotatable bonds is 4. The van der Waals surface area contributed by atoms with Crippen LogP contribution in [0.4, 0.5) is 0 Å². The zero-order valence-electron chi connectivity index (χ0n) is 11.2. The normalized spacial score (nSPS) is 10.2. The van der Waals surface area contributed by atoms with E-state index in [9.17, 15) is 14.4 Å². The highest BCUT2D eigenvalue weighted by atomic mass is 16.5. The lowest BCUT2D eigenvalue weighted by atomic mass is 10.0. The molecule has 19 heavy (non-hydrogen) atoms. The SMILES string of the molecule is COC(=O)c1ccc(C(=O)OC)c(C(=O)C(C)C)n1. The zero-order chi connectivity index (χ0) is 14.6. The Morgan fingerprint density at radius 2 is 1.63 bits per heavy atom. The Morgan fingerprint density at radius 1 is 1.05 bits per heavy atom. The van der Waals surface area contributed by atoms with Gasteiger partial charge in [-0.3, -0.25) is 4.79 Å². The number of esters is 2. The Hall–Kier alpha value is -2.24. The number of ether oxygens (including phenoxy) is 2. The smallest absolute Gasteiger partial charge is 0.356 e. The molecule has 1 heterocycles. The molecule has 0 atom stereocenters. The highest BCUT2D eigenvalue weighted by Crippen LogP contribution is 2.15. The van der Waals surface area contributed by atoms with Gasteiger partial charge in [-0.2, -0.15) is 0 Å². The van der Waals surface area contributed by atoms with Crippen molar-refractivity contribution in [3.63, 3.8) is 0 Å². The highest BCUT2D eigenvalue weighted by molar-refractivity contribution is 6.06. The van der Waals surface area contributed by atoms with E-state index in [4.69, 9.17) is 0 Å². The summed E-state index contributed by atoms with van der Waals surface area (Å²) < 4.78 is 9.12. The van der Waals surface area contributed by atoms with E-state index < -0.39 is 11.9 Å². The lowest BCUT2D eigenvalue weighted by Gasteiger charge is -2.09. The summed E-state index contributed by atoms with van der Waals surface area (Å²) in [6.45, 7) is 3.35. The van der Waals surface area contributed by atoms with E-state index in [1.165, 1.54) is 26.4 Å². The second-order valence-corrected chi connectivity index (χ2v) is 4.09. The van der Waals surface area contributed by atoms with Crippen molar-refractivity contribution < 1.29 is 23.9 Å². The standard InChI is InChI=1S/C13H15NO5/c1-7(2)11(15)10-8(12(16)18-3)5-6-9(14-10)13(17)19-4/h5-7H,1-4H3. The molecule has 0 saturated carbocycles. The summed E-state index contributed by atoms with van der Waals surface area (Å²) in [5, 5.41) is 0. The van der Waals surface area contributed by atoms with Crippen LogP contribution in [0.5, 0.6) is 0 Å². The first-order valence-electron chi connectivity index (χ1n) is 5.64. The zero-order valence-corrected chi connectivity index (χ0v) is 11.2. The van der Waals surface area contributed by atoms with Gasteiger partial charge in [0.15, 0.2) is 5.78 Å². The maximum Gasteiger partial charge on any atom is 0.356 e. The van der Waals surface area contributed by atoms with Crippen molar-refractivity contribution in [2.45, 2.75) is 13.8 Å². The fraction of sp³-hybridized carbons (Fsp3) is 0.385. The van der Waals surface area contributed by atoms with Gasteiger partial charge in [-0.1, -0.05) is 13.8 Å². The van der Waals surface area contributed by atoms with Crippen molar-refractivity contribution in [3.05, 3.63) is 29.1 Å². The average Bonchev–Trinajstić information content (AvgIpc) is 2.43. The van der Waals surface area contributed by atoms with Crippen molar-refractivity contribution in [3.8, 4) is 0 Å². The third kappa shape index (κ3) is 3.15. The number of carbonyl (C=O) groups excluding carboxylic acids is 3. The lowest BCUT2D eigenvalue weighted by Crippen LogP contribution is -2.19. The molecule has 0 saturated heterocycles. The minimum absolute atomic E-state index is 0.0286. The Bertz CT molecular complexity index is 522. The number of nitrogens with zero attached hydrogens (tertiary/aromatic N) is 1. The largest absolute Gasteiger partial charge is 0.465 e. The van der Waals surface area contributed by atoms with Gasteiger partial charge < -0.3 is 9.47 Å². The van der Waals surface area contributed by atoms with Gasteiger partial charge in [0.25, 0.3) is 0 Å². The summed E-state index contributed by atoms with van der Waals surface area (Å²) in [5.74, 6) is -2.04. The molecular formula is C13H15NO5. The maximum absolute atomic E-state index is 12.0. The third-order valence-corrected chi connectivity index (χ3v) is 2.45. The number of ketones is 1. The summed E-state index contributed by atoms with van der Waals surface area (Å²) in [5.41, 5.74) is -0.0715. The van der Waals surface area contributed by atoms with Crippen molar-refractivity contribution in [2.24, 2.45) is 5.92 Å². The molecule has 0 amide bonds. The molecule has 0 aliphatic heterocycles. The first-order valence-corrected chi connectivity index (χ1v) is 5.64. The molecule has 0 unspecified atom stereocenters. The van der Waals surface area contributed by atoms with Crippen LogP contribution in [0, 0.1) is 5.92 Å². The summed E-state index contributed by atoms with van der Waals surface area (Å²) in [6, 6.07) is 2.65. The van der Waals surface area contributed by atoms with E-state index in [0.717, 1.165) is 0 Å². The summed E-state index contributed by atoms with van der Waals surface area (Å²) in [4.78, 5) is 38.9. The Morgan fingerprint density at radius 3 is 2.11 bits per heavy atom. The Balaban J connectivity index is 3.38. The third-order valence-electron chi connectivity index (χ3n) is 2.45. The molecule has 102 valence electrons. The van der Waals surface area contributed by atoms with Crippen LogP contribution in [0.2, 0.25) is 0 Å². The first-order chi connectivity index (χ1) is 8.92. The fourth-order valence-electron chi connectivity index (χ4n) is 1.41. The number of hydrogen-bond acceptors (Lipinski definition) is 6.